The third-order valence-electron chi connectivity index (χ3n) is 2.96. The number of hydrogen-bond acceptors (Lipinski definition) is 1. The number of hydrogen-bond donors (Lipinski definition) is 0. The van der Waals surface area contributed by atoms with Crippen molar-refractivity contribution in [3.63, 3.8) is 0 Å². The predicted octanol–water partition coefficient (Wildman–Crippen LogP) is 5.46. The lowest BCUT2D eigenvalue weighted by atomic mass is 10.1. The first-order chi connectivity index (χ1) is 7.91. The highest BCUT2D eigenvalue weighted by Crippen LogP contribution is 2.11. The lowest BCUT2D eigenvalue weighted by molar-refractivity contribution is 0.336. The molecule has 0 aliphatic carbocycles. The van der Waals surface area contributed by atoms with Gasteiger partial charge in [-0.15, -0.1) is 0 Å². The van der Waals surface area contributed by atoms with E-state index in [0.29, 0.717) is 0 Å². The van der Waals surface area contributed by atoms with E-state index >= 15 is 0 Å². The first-order valence-electron chi connectivity index (χ1n) is 7.09. The fourth-order valence-electron chi connectivity index (χ4n) is 1.91. The van der Waals surface area contributed by atoms with Gasteiger partial charge in [0.2, 0.25) is 0 Å². The lowest BCUT2D eigenvalue weighted by Crippen LogP contribution is -1.81. The Bertz CT molecular complexity index is 140. The molecule has 0 fully saturated rings. The molecule has 0 aliphatic heterocycles. The molecule has 0 saturated carbocycles. The van der Waals surface area contributed by atoms with Crippen molar-refractivity contribution in [3.05, 3.63) is 12.3 Å². The summed E-state index contributed by atoms with van der Waals surface area (Å²) in [5, 5.41) is 0. The van der Waals surface area contributed by atoms with E-state index in [1.54, 1.807) is 13.4 Å². The van der Waals surface area contributed by atoms with Gasteiger partial charge >= 0.3 is 0 Å². The van der Waals surface area contributed by atoms with Crippen molar-refractivity contribution in [2.75, 3.05) is 7.11 Å². The minimum absolute atomic E-state index is 1.17. The molecule has 0 rings (SSSR count). The molecule has 1 heteroatoms. The summed E-state index contributed by atoms with van der Waals surface area (Å²) < 4.78 is 4.85. The van der Waals surface area contributed by atoms with Gasteiger partial charge in [0.1, 0.15) is 0 Å². The average Bonchev–Trinajstić information content (AvgIpc) is 2.31. The quantitative estimate of drug-likeness (QED) is 0.317. The summed E-state index contributed by atoms with van der Waals surface area (Å²) in [5.41, 5.74) is 0. The van der Waals surface area contributed by atoms with Gasteiger partial charge in [-0.2, -0.15) is 0 Å². The van der Waals surface area contributed by atoms with Gasteiger partial charge in [0.05, 0.1) is 13.4 Å². The van der Waals surface area contributed by atoms with E-state index in [1.807, 2.05) is 0 Å². The van der Waals surface area contributed by atoms with Crippen molar-refractivity contribution in [1.82, 2.24) is 0 Å². The zero-order valence-corrected chi connectivity index (χ0v) is 11.3. The molecule has 0 unspecified atom stereocenters. The second kappa shape index (κ2) is 14.5. The zero-order chi connectivity index (χ0) is 11.9. The van der Waals surface area contributed by atoms with Crippen molar-refractivity contribution in [2.24, 2.45) is 0 Å². The van der Waals surface area contributed by atoms with Gasteiger partial charge < -0.3 is 4.74 Å². The van der Waals surface area contributed by atoms with Crippen LogP contribution in [0, 0.1) is 0 Å². The number of allylic oxidation sites excluding steroid dienone is 1. The topological polar surface area (TPSA) is 9.23 Å². The molecular weight excluding hydrogens is 196 g/mol. The average molecular weight is 226 g/mol. The number of unbranched alkanes of at least 4 members (excludes halogenated alkanes) is 10. The summed E-state index contributed by atoms with van der Waals surface area (Å²) >= 11 is 0. The van der Waals surface area contributed by atoms with Crippen LogP contribution in [0.5, 0.6) is 0 Å². The van der Waals surface area contributed by atoms with E-state index in [2.05, 4.69) is 13.0 Å². The molecule has 0 N–H and O–H groups in total. The molecule has 0 atom stereocenters. The molecule has 0 spiro atoms. The fourth-order valence-corrected chi connectivity index (χ4v) is 1.91. The van der Waals surface area contributed by atoms with Gasteiger partial charge in [-0.3, -0.25) is 0 Å². The number of rotatable bonds is 12. The molecule has 1 nitrogen and oxygen atoms in total. The van der Waals surface area contributed by atoms with Crippen LogP contribution >= 0.6 is 0 Å². The molecule has 0 saturated heterocycles. The maximum absolute atomic E-state index is 4.85. The van der Waals surface area contributed by atoms with Crippen molar-refractivity contribution in [3.8, 4) is 0 Å². The molecule has 0 aliphatic rings. The Morgan fingerprint density at radius 2 is 1.25 bits per heavy atom. The summed E-state index contributed by atoms with van der Waals surface area (Å²) in [7, 11) is 1.70. The van der Waals surface area contributed by atoms with E-state index in [1.165, 1.54) is 70.6 Å². The molecule has 0 radical (unpaired) electrons. The Balaban J connectivity index is 2.90. The number of ether oxygens (including phenoxy) is 1. The fraction of sp³-hybridized carbons (Fsp3) is 0.867. The van der Waals surface area contributed by atoms with Crippen LogP contribution in [0.1, 0.15) is 77.6 Å². The number of methoxy groups -OCH3 is 1. The summed E-state index contributed by atoms with van der Waals surface area (Å²) in [6.45, 7) is 2.28. The molecule has 16 heavy (non-hydrogen) atoms. The van der Waals surface area contributed by atoms with Crippen molar-refractivity contribution in [2.45, 2.75) is 77.6 Å². The van der Waals surface area contributed by atoms with E-state index in [-0.39, 0.29) is 0 Å². The molecule has 0 aromatic heterocycles. The molecule has 0 aromatic rings. The van der Waals surface area contributed by atoms with Gasteiger partial charge in [0.15, 0.2) is 0 Å². The molecular formula is C15H30O. The van der Waals surface area contributed by atoms with Crippen LogP contribution in [0.3, 0.4) is 0 Å². The summed E-state index contributed by atoms with van der Waals surface area (Å²) in [5.74, 6) is 0. The van der Waals surface area contributed by atoms with E-state index in [9.17, 15) is 0 Å². The molecule has 0 heterocycles. The van der Waals surface area contributed by atoms with Crippen LogP contribution < -0.4 is 0 Å². The Labute approximate surface area is 102 Å². The molecule has 0 aromatic carbocycles. The predicted molar refractivity (Wildman–Crippen MR) is 72.6 cm³/mol. The van der Waals surface area contributed by atoms with Crippen LogP contribution in [-0.4, -0.2) is 7.11 Å². The van der Waals surface area contributed by atoms with Crippen molar-refractivity contribution >= 4 is 0 Å². The smallest absolute Gasteiger partial charge is 0.0784 e. The third kappa shape index (κ3) is 13.5. The third-order valence-corrected chi connectivity index (χ3v) is 2.96. The lowest BCUT2D eigenvalue weighted by Gasteiger charge is -2.01. The Morgan fingerprint density at radius 3 is 1.75 bits per heavy atom. The van der Waals surface area contributed by atoms with Crippen LogP contribution in [-0.2, 0) is 4.74 Å². The van der Waals surface area contributed by atoms with E-state index in [0.717, 1.165) is 0 Å². The van der Waals surface area contributed by atoms with E-state index < -0.39 is 0 Å². The van der Waals surface area contributed by atoms with Crippen LogP contribution in [0.25, 0.3) is 0 Å². The minimum Gasteiger partial charge on any atom is -0.505 e. The first-order valence-corrected chi connectivity index (χ1v) is 7.09. The Morgan fingerprint density at radius 1 is 0.750 bits per heavy atom. The maximum atomic E-state index is 4.85. The standard InChI is InChI=1S/C15H30O/c1-3-4-5-6-7-8-9-10-11-12-13-14-15-16-2/h14-15H,3-13H2,1-2H3. The monoisotopic (exact) mass is 226 g/mol. The Kier molecular flexibility index (Phi) is 14.1. The molecule has 96 valence electrons. The summed E-state index contributed by atoms with van der Waals surface area (Å²) in [6, 6.07) is 0. The Hall–Kier alpha value is -0.460. The van der Waals surface area contributed by atoms with Crippen LogP contribution in [0.2, 0.25) is 0 Å². The van der Waals surface area contributed by atoms with E-state index in [4.69, 9.17) is 4.74 Å². The largest absolute Gasteiger partial charge is 0.505 e. The highest BCUT2D eigenvalue weighted by molar-refractivity contribution is 4.72. The second-order valence-corrected chi connectivity index (χ2v) is 4.58. The first kappa shape index (κ1) is 15.5. The highest BCUT2D eigenvalue weighted by atomic mass is 16.5. The van der Waals surface area contributed by atoms with Gasteiger partial charge in [-0.05, 0) is 18.9 Å². The zero-order valence-electron chi connectivity index (χ0n) is 11.3. The highest BCUT2D eigenvalue weighted by Gasteiger charge is 1.91. The van der Waals surface area contributed by atoms with Crippen molar-refractivity contribution < 1.29 is 4.74 Å². The molecule has 0 amide bonds. The summed E-state index contributed by atoms with van der Waals surface area (Å²) in [6.07, 6.45) is 19.2. The van der Waals surface area contributed by atoms with Crippen molar-refractivity contribution in [1.29, 1.82) is 0 Å². The SMILES string of the molecule is CCCCCCCCCCCCC=COC. The normalized spacial score (nSPS) is 11.1. The van der Waals surface area contributed by atoms with Crippen LogP contribution in [0.15, 0.2) is 12.3 Å². The summed E-state index contributed by atoms with van der Waals surface area (Å²) in [4.78, 5) is 0. The second-order valence-electron chi connectivity index (χ2n) is 4.58. The van der Waals surface area contributed by atoms with Gasteiger partial charge in [-0.25, -0.2) is 0 Å². The van der Waals surface area contributed by atoms with Crippen LogP contribution in [0.4, 0.5) is 0 Å². The molecule has 0 bridgehead atoms. The maximum Gasteiger partial charge on any atom is 0.0784 e. The van der Waals surface area contributed by atoms with Gasteiger partial charge in [-0.1, -0.05) is 64.7 Å². The van der Waals surface area contributed by atoms with Gasteiger partial charge in [0, 0.05) is 0 Å². The van der Waals surface area contributed by atoms with Gasteiger partial charge in [0.25, 0.3) is 0 Å². The minimum atomic E-state index is 1.17.